The van der Waals surface area contributed by atoms with E-state index in [0.29, 0.717) is 25.1 Å². The molecule has 2 aliphatic rings. The third-order valence-electron chi connectivity index (χ3n) is 4.03. The quantitative estimate of drug-likeness (QED) is 0.882. The first-order valence-electron chi connectivity index (χ1n) is 7.46. The number of amides is 2. The van der Waals surface area contributed by atoms with E-state index in [1.54, 1.807) is 0 Å². The SMILES string of the molecule is O=C1CCC(C(=O)NCc2ccc3c(c2)CCCC3)=NN1. The van der Waals surface area contributed by atoms with Crippen molar-refractivity contribution in [3.63, 3.8) is 0 Å². The molecule has 2 N–H and O–H groups in total. The van der Waals surface area contributed by atoms with Gasteiger partial charge in [0.05, 0.1) is 0 Å². The molecule has 110 valence electrons. The van der Waals surface area contributed by atoms with E-state index in [9.17, 15) is 9.59 Å². The maximum absolute atomic E-state index is 12.0. The van der Waals surface area contributed by atoms with Gasteiger partial charge in [-0.2, -0.15) is 5.10 Å². The molecule has 3 rings (SSSR count). The Morgan fingerprint density at radius 1 is 1.14 bits per heavy atom. The number of nitrogens with zero attached hydrogens (tertiary/aromatic N) is 1. The summed E-state index contributed by atoms with van der Waals surface area (Å²) in [7, 11) is 0. The van der Waals surface area contributed by atoms with E-state index >= 15 is 0 Å². The molecule has 0 saturated carbocycles. The molecule has 21 heavy (non-hydrogen) atoms. The zero-order chi connectivity index (χ0) is 14.7. The summed E-state index contributed by atoms with van der Waals surface area (Å²) in [6.45, 7) is 0.499. The standard InChI is InChI=1S/C16H19N3O2/c20-15-8-7-14(18-19-15)16(21)17-10-11-5-6-12-3-1-2-4-13(12)9-11/h5-6,9H,1-4,7-8,10H2,(H,17,21)(H,19,20). The lowest BCUT2D eigenvalue weighted by atomic mass is 9.90. The fourth-order valence-corrected chi connectivity index (χ4v) is 2.82. The second-order valence-electron chi connectivity index (χ2n) is 5.59. The van der Waals surface area contributed by atoms with Gasteiger partial charge in [-0.3, -0.25) is 9.59 Å². The van der Waals surface area contributed by atoms with Crippen molar-refractivity contribution in [1.29, 1.82) is 0 Å². The van der Waals surface area contributed by atoms with E-state index in [2.05, 4.69) is 34.0 Å². The molecule has 0 saturated heterocycles. The summed E-state index contributed by atoms with van der Waals surface area (Å²) in [4.78, 5) is 23.0. The van der Waals surface area contributed by atoms with Gasteiger partial charge in [0, 0.05) is 19.4 Å². The number of benzene rings is 1. The van der Waals surface area contributed by atoms with Gasteiger partial charge in [-0.1, -0.05) is 18.2 Å². The van der Waals surface area contributed by atoms with E-state index in [1.165, 1.54) is 30.4 Å². The second-order valence-corrected chi connectivity index (χ2v) is 5.59. The van der Waals surface area contributed by atoms with Crippen LogP contribution in [-0.2, 0) is 29.0 Å². The van der Waals surface area contributed by atoms with Crippen LogP contribution in [0.2, 0.25) is 0 Å². The lowest BCUT2D eigenvalue weighted by Crippen LogP contribution is -2.36. The van der Waals surface area contributed by atoms with Crippen LogP contribution in [0.1, 0.15) is 42.4 Å². The van der Waals surface area contributed by atoms with Gasteiger partial charge in [-0.25, -0.2) is 5.43 Å². The predicted octanol–water partition coefficient (Wildman–Crippen LogP) is 1.45. The molecule has 2 amide bonds. The van der Waals surface area contributed by atoms with Crippen molar-refractivity contribution in [2.45, 2.75) is 45.1 Å². The minimum absolute atomic E-state index is 0.138. The minimum atomic E-state index is -0.201. The molecule has 1 heterocycles. The third kappa shape index (κ3) is 3.29. The lowest BCUT2D eigenvalue weighted by Gasteiger charge is -2.17. The highest BCUT2D eigenvalue weighted by atomic mass is 16.2. The van der Waals surface area contributed by atoms with Crippen LogP contribution in [0.4, 0.5) is 0 Å². The summed E-state index contributed by atoms with van der Waals surface area (Å²) in [5.41, 5.74) is 6.70. The number of rotatable bonds is 3. The van der Waals surface area contributed by atoms with Gasteiger partial charge in [0.2, 0.25) is 5.91 Å². The molecule has 0 unspecified atom stereocenters. The molecule has 1 aromatic rings. The molecule has 0 bridgehead atoms. The van der Waals surface area contributed by atoms with Crippen molar-refractivity contribution in [3.05, 3.63) is 34.9 Å². The monoisotopic (exact) mass is 285 g/mol. The van der Waals surface area contributed by atoms with Crippen LogP contribution in [0.15, 0.2) is 23.3 Å². The second kappa shape index (κ2) is 6.08. The molecule has 0 fully saturated rings. The lowest BCUT2D eigenvalue weighted by molar-refractivity contribution is -0.121. The average Bonchev–Trinajstić information content (AvgIpc) is 2.53. The Bertz CT molecular complexity index is 608. The van der Waals surface area contributed by atoms with Gasteiger partial charge in [0.15, 0.2) is 0 Å². The summed E-state index contributed by atoms with van der Waals surface area (Å²) in [5.74, 6) is -0.339. The zero-order valence-electron chi connectivity index (χ0n) is 11.9. The molecule has 5 nitrogen and oxygen atoms in total. The Kier molecular flexibility index (Phi) is 3.99. The first-order chi connectivity index (χ1) is 10.2. The van der Waals surface area contributed by atoms with E-state index in [0.717, 1.165) is 12.0 Å². The van der Waals surface area contributed by atoms with E-state index < -0.39 is 0 Å². The van der Waals surface area contributed by atoms with E-state index in [-0.39, 0.29) is 11.8 Å². The normalized spacial score (nSPS) is 17.5. The van der Waals surface area contributed by atoms with Gasteiger partial charge in [0.1, 0.15) is 5.71 Å². The number of hydrogen-bond acceptors (Lipinski definition) is 3. The van der Waals surface area contributed by atoms with Crippen molar-refractivity contribution < 1.29 is 9.59 Å². The van der Waals surface area contributed by atoms with Gasteiger partial charge in [-0.15, -0.1) is 0 Å². The maximum atomic E-state index is 12.0. The fourth-order valence-electron chi connectivity index (χ4n) is 2.82. The van der Waals surface area contributed by atoms with Gasteiger partial charge in [-0.05, 0) is 42.4 Å². The fraction of sp³-hybridized carbons (Fsp3) is 0.438. The molecule has 1 aromatic carbocycles. The summed E-state index contributed by atoms with van der Waals surface area (Å²) in [5, 5.41) is 6.67. The summed E-state index contributed by atoms with van der Waals surface area (Å²) in [6, 6.07) is 6.45. The van der Waals surface area contributed by atoms with Crippen LogP contribution in [0.5, 0.6) is 0 Å². The van der Waals surface area contributed by atoms with E-state index in [1.807, 2.05) is 0 Å². The van der Waals surface area contributed by atoms with Gasteiger partial charge in [0.25, 0.3) is 5.91 Å². The largest absolute Gasteiger partial charge is 0.347 e. The summed E-state index contributed by atoms with van der Waals surface area (Å²) in [6.07, 6.45) is 5.55. The van der Waals surface area contributed by atoms with Gasteiger partial charge >= 0.3 is 0 Å². The molecule has 0 aromatic heterocycles. The summed E-state index contributed by atoms with van der Waals surface area (Å²) >= 11 is 0. The maximum Gasteiger partial charge on any atom is 0.267 e. The average molecular weight is 285 g/mol. The highest BCUT2D eigenvalue weighted by molar-refractivity contribution is 6.39. The topological polar surface area (TPSA) is 70.6 Å². The van der Waals surface area contributed by atoms with Crippen LogP contribution in [0.25, 0.3) is 0 Å². The number of aryl methyl sites for hydroxylation is 2. The van der Waals surface area contributed by atoms with Crippen LogP contribution in [0.3, 0.4) is 0 Å². The van der Waals surface area contributed by atoms with Crippen LogP contribution in [0, 0.1) is 0 Å². The Balaban J connectivity index is 1.60. The van der Waals surface area contributed by atoms with Crippen LogP contribution >= 0.6 is 0 Å². The Morgan fingerprint density at radius 2 is 1.95 bits per heavy atom. The molecule has 0 radical (unpaired) electrons. The van der Waals surface area contributed by atoms with Crippen molar-refractivity contribution in [1.82, 2.24) is 10.7 Å². The Labute approximate surface area is 123 Å². The molecular formula is C16H19N3O2. The minimum Gasteiger partial charge on any atom is -0.347 e. The summed E-state index contributed by atoms with van der Waals surface area (Å²) < 4.78 is 0. The first-order valence-corrected chi connectivity index (χ1v) is 7.46. The predicted molar refractivity (Wildman–Crippen MR) is 79.7 cm³/mol. The number of carbonyl (C=O) groups is 2. The Morgan fingerprint density at radius 3 is 2.71 bits per heavy atom. The molecule has 0 spiro atoms. The number of hydrogen-bond donors (Lipinski definition) is 2. The molecule has 5 heteroatoms. The number of fused-ring (bicyclic) bond motifs is 1. The first kappa shape index (κ1) is 13.8. The highest BCUT2D eigenvalue weighted by Gasteiger charge is 2.18. The smallest absolute Gasteiger partial charge is 0.267 e. The Hall–Kier alpha value is -2.17. The highest BCUT2D eigenvalue weighted by Crippen LogP contribution is 2.22. The van der Waals surface area contributed by atoms with Crippen molar-refractivity contribution in [2.75, 3.05) is 0 Å². The number of hydrazone groups is 1. The van der Waals surface area contributed by atoms with Crippen LogP contribution in [-0.4, -0.2) is 17.5 Å². The molecule has 1 aliphatic heterocycles. The van der Waals surface area contributed by atoms with Crippen molar-refractivity contribution >= 4 is 17.5 Å². The third-order valence-corrected chi connectivity index (χ3v) is 4.03. The molecule has 0 atom stereocenters. The molecular weight excluding hydrogens is 266 g/mol. The van der Waals surface area contributed by atoms with Crippen molar-refractivity contribution in [3.8, 4) is 0 Å². The number of nitrogens with one attached hydrogen (secondary N) is 2. The number of carbonyl (C=O) groups excluding carboxylic acids is 2. The zero-order valence-corrected chi connectivity index (χ0v) is 11.9. The van der Waals surface area contributed by atoms with Crippen molar-refractivity contribution in [2.24, 2.45) is 5.10 Å². The molecule has 1 aliphatic carbocycles. The van der Waals surface area contributed by atoms with Crippen LogP contribution < -0.4 is 10.7 Å². The van der Waals surface area contributed by atoms with Gasteiger partial charge < -0.3 is 5.32 Å². The van der Waals surface area contributed by atoms with E-state index in [4.69, 9.17) is 0 Å².